The van der Waals surface area contributed by atoms with Gasteiger partial charge >= 0.3 is 0 Å². The van der Waals surface area contributed by atoms with Gasteiger partial charge in [-0.1, -0.05) is 19.3 Å². The van der Waals surface area contributed by atoms with Gasteiger partial charge in [-0.2, -0.15) is 0 Å². The van der Waals surface area contributed by atoms with E-state index in [1.807, 2.05) is 6.92 Å². The van der Waals surface area contributed by atoms with Crippen molar-refractivity contribution < 1.29 is 18.3 Å². The van der Waals surface area contributed by atoms with Gasteiger partial charge in [0.1, 0.15) is 9.84 Å². The summed E-state index contributed by atoms with van der Waals surface area (Å²) in [6.45, 7) is 2.48. The molecule has 4 nitrogen and oxygen atoms in total. The first-order valence-corrected chi connectivity index (χ1v) is 8.45. The first kappa shape index (κ1) is 14.9. The summed E-state index contributed by atoms with van der Waals surface area (Å²) in [5.41, 5.74) is -0.502. The molecule has 17 heavy (non-hydrogen) atoms. The minimum atomic E-state index is -3.02. The molecule has 0 aromatic heterocycles. The molecule has 0 heterocycles. The molecule has 0 saturated heterocycles. The topological polar surface area (TPSA) is 63.6 Å². The van der Waals surface area contributed by atoms with E-state index in [9.17, 15) is 13.5 Å². The lowest BCUT2D eigenvalue weighted by atomic mass is 9.79. The SMILES string of the molecule is CCOC1(C(O)CCS(C)(=O)=O)CCCCC1. The lowest BCUT2D eigenvalue weighted by Crippen LogP contribution is -2.47. The van der Waals surface area contributed by atoms with Crippen LogP contribution in [0.15, 0.2) is 0 Å². The van der Waals surface area contributed by atoms with Gasteiger partial charge < -0.3 is 9.84 Å². The van der Waals surface area contributed by atoms with Gasteiger partial charge in [-0.15, -0.1) is 0 Å². The molecule has 0 amide bonds. The van der Waals surface area contributed by atoms with Crippen molar-refractivity contribution in [1.82, 2.24) is 0 Å². The van der Waals surface area contributed by atoms with Crippen LogP contribution in [0.2, 0.25) is 0 Å². The summed E-state index contributed by atoms with van der Waals surface area (Å²) in [4.78, 5) is 0. The number of aliphatic hydroxyl groups is 1. The second-order valence-corrected chi connectivity index (χ2v) is 7.25. The first-order valence-electron chi connectivity index (χ1n) is 6.39. The Labute approximate surface area is 104 Å². The van der Waals surface area contributed by atoms with Crippen LogP contribution in [0.4, 0.5) is 0 Å². The van der Waals surface area contributed by atoms with Crippen molar-refractivity contribution >= 4 is 9.84 Å². The van der Waals surface area contributed by atoms with Gasteiger partial charge in [-0.25, -0.2) is 8.42 Å². The van der Waals surface area contributed by atoms with Crippen molar-refractivity contribution in [1.29, 1.82) is 0 Å². The summed E-state index contributed by atoms with van der Waals surface area (Å²) in [6, 6.07) is 0. The van der Waals surface area contributed by atoms with Crippen LogP contribution in [-0.4, -0.2) is 43.8 Å². The Kier molecular flexibility index (Phi) is 5.41. The summed E-state index contributed by atoms with van der Waals surface area (Å²) in [5, 5.41) is 10.2. The van der Waals surface area contributed by atoms with Gasteiger partial charge in [0.2, 0.25) is 0 Å². The standard InChI is InChI=1S/C12H24O4S/c1-3-16-12(8-5-4-6-9-12)11(13)7-10-17(2,14)15/h11,13H,3-10H2,1-2H3. The summed E-state index contributed by atoms with van der Waals surface area (Å²) in [5.74, 6) is 0.0307. The molecule has 0 aromatic carbocycles. The molecule has 1 unspecified atom stereocenters. The highest BCUT2D eigenvalue weighted by molar-refractivity contribution is 7.90. The van der Waals surface area contributed by atoms with Crippen molar-refractivity contribution in [2.24, 2.45) is 0 Å². The van der Waals surface area contributed by atoms with Gasteiger partial charge in [-0.05, 0) is 26.2 Å². The van der Waals surface area contributed by atoms with Crippen LogP contribution in [0, 0.1) is 0 Å². The highest BCUT2D eigenvalue weighted by atomic mass is 32.2. The van der Waals surface area contributed by atoms with E-state index in [-0.39, 0.29) is 12.2 Å². The molecule has 102 valence electrons. The molecule has 5 heteroatoms. The van der Waals surface area contributed by atoms with Crippen molar-refractivity contribution in [3.8, 4) is 0 Å². The van der Waals surface area contributed by atoms with Gasteiger partial charge in [0, 0.05) is 12.9 Å². The number of hydrogen-bond donors (Lipinski definition) is 1. The van der Waals surface area contributed by atoms with Gasteiger partial charge in [0.15, 0.2) is 0 Å². The van der Waals surface area contributed by atoms with Crippen LogP contribution in [0.3, 0.4) is 0 Å². The van der Waals surface area contributed by atoms with E-state index in [0.29, 0.717) is 6.61 Å². The van der Waals surface area contributed by atoms with Crippen molar-refractivity contribution in [3.05, 3.63) is 0 Å². The fourth-order valence-electron chi connectivity index (χ4n) is 2.60. The number of rotatable bonds is 6. The van der Waals surface area contributed by atoms with Crippen LogP contribution >= 0.6 is 0 Å². The zero-order valence-electron chi connectivity index (χ0n) is 10.8. The maximum absolute atomic E-state index is 11.1. The number of aliphatic hydroxyl groups excluding tert-OH is 1. The molecule has 1 atom stereocenters. The summed E-state index contributed by atoms with van der Waals surface area (Å²) >= 11 is 0. The van der Waals surface area contributed by atoms with E-state index < -0.39 is 21.5 Å². The molecule has 0 aromatic rings. The molecule has 1 N–H and O–H groups in total. The predicted molar refractivity (Wildman–Crippen MR) is 67.8 cm³/mol. The van der Waals surface area contributed by atoms with Crippen LogP contribution in [-0.2, 0) is 14.6 Å². The van der Waals surface area contributed by atoms with Gasteiger partial charge in [-0.3, -0.25) is 0 Å². The van der Waals surface area contributed by atoms with Crippen LogP contribution in [0.5, 0.6) is 0 Å². The third-order valence-corrected chi connectivity index (χ3v) is 4.48. The van der Waals surface area contributed by atoms with Gasteiger partial charge in [0.05, 0.1) is 17.5 Å². The van der Waals surface area contributed by atoms with E-state index in [1.165, 1.54) is 12.7 Å². The highest BCUT2D eigenvalue weighted by Crippen LogP contribution is 2.35. The lowest BCUT2D eigenvalue weighted by Gasteiger charge is -2.40. The Hall–Kier alpha value is -0.130. The Morgan fingerprint density at radius 3 is 2.35 bits per heavy atom. The molecular weight excluding hydrogens is 240 g/mol. The van der Waals surface area contributed by atoms with Crippen molar-refractivity contribution in [2.75, 3.05) is 18.6 Å². The van der Waals surface area contributed by atoms with Crippen molar-refractivity contribution in [2.45, 2.75) is 57.2 Å². The smallest absolute Gasteiger partial charge is 0.147 e. The van der Waals surface area contributed by atoms with Crippen molar-refractivity contribution in [3.63, 3.8) is 0 Å². The summed E-state index contributed by atoms with van der Waals surface area (Å²) < 4.78 is 28.0. The van der Waals surface area contributed by atoms with E-state index in [2.05, 4.69) is 0 Å². The van der Waals surface area contributed by atoms with Crippen LogP contribution in [0.25, 0.3) is 0 Å². The number of hydrogen-bond acceptors (Lipinski definition) is 4. The zero-order valence-corrected chi connectivity index (χ0v) is 11.6. The minimum absolute atomic E-state index is 0.0307. The van der Waals surface area contributed by atoms with Gasteiger partial charge in [0.25, 0.3) is 0 Å². The van der Waals surface area contributed by atoms with E-state index in [1.54, 1.807) is 0 Å². The van der Waals surface area contributed by atoms with Crippen LogP contribution < -0.4 is 0 Å². The predicted octanol–water partition coefficient (Wildman–Crippen LogP) is 1.52. The quantitative estimate of drug-likeness (QED) is 0.790. The van der Waals surface area contributed by atoms with E-state index >= 15 is 0 Å². The molecule has 1 saturated carbocycles. The normalized spacial score (nSPS) is 22.3. The third-order valence-electron chi connectivity index (χ3n) is 3.50. The maximum atomic E-state index is 11.1. The molecule has 1 aliphatic carbocycles. The molecule has 1 aliphatic rings. The fraction of sp³-hybridized carbons (Fsp3) is 1.00. The Morgan fingerprint density at radius 1 is 1.29 bits per heavy atom. The Morgan fingerprint density at radius 2 is 1.88 bits per heavy atom. The third kappa shape index (κ3) is 4.56. The van der Waals surface area contributed by atoms with E-state index in [0.717, 1.165) is 25.7 Å². The van der Waals surface area contributed by atoms with E-state index in [4.69, 9.17) is 4.74 Å². The molecule has 0 spiro atoms. The summed E-state index contributed by atoms with van der Waals surface area (Å²) in [7, 11) is -3.02. The fourth-order valence-corrected chi connectivity index (χ4v) is 3.25. The monoisotopic (exact) mass is 264 g/mol. The lowest BCUT2D eigenvalue weighted by molar-refractivity contribution is -0.139. The molecular formula is C12H24O4S. The summed E-state index contributed by atoms with van der Waals surface area (Å²) in [6.07, 6.45) is 5.77. The number of sulfone groups is 1. The molecule has 1 rings (SSSR count). The average Bonchev–Trinajstić information content (AvgIpc) is 2.26. The Bertz CT molecular complexity index is 312. The number of ether oxygens (including phenoxy) is 1. The maximum Gasteiger partial charge on any atom is 0.147 e. The van der Waals surface area contributed by atoms with Crippen LogP contribution in [0.1, 0.15) is 45.4 Å². The highest BCUT2D eigenvalue weighted by Gasteiger charge is 2.39. The molecule has 0 radical (unpaired) electrons. The second kappa shape index (κ2) is 6.16. The molecule has 0 bridgehead atoms. The largest absolute Gasteiger partial charge is 0.390 e. The minimum Gasteiger partial charge on any atom is -0.390 e. The second-order valence-electron chi connectivity index (χ2n) is 4.99. The average molecular weight is 264 g/mol. The molecule has 1 fully saturated rings. The molecule has 0 aliphatic heterocycles. The Balaban J connectivity index is 2.62. The zero-order chi connectivity index (χ0) is 12.9. The first-order chi connectivity index (χ1) is 7.90.